The first-order valence-electron chi connectivity index (χ1n) is 5.51. The fourth-order valence-electron chi connectivity index (χ4n) is 2.16. The van der Waals surface area contributed by atoms with Crippen molar-refractivity contribution in [3.63, 3.8) is 0 Å². The van der Waals surface area contributed by atoms with Crippen molar-refractivity contribution in [2.75, 3.05) is 6.54 Å². The molecule has 2 rings (SSSR count). The highest BCUT2D eigenvalue weighted by Crippen LogP contribution is 2.41. The molecule has 2 nitrogen and oxygen atoms in total. The Kier molecular flexibility index (Phi) is 3.22. The van der Waals surface area contributed by atoms with Gasteiger partial charge in [0.1, 0.15) is 5.78 Å². The highest BCUT2D eigenvalue weighted by atomic mass is 32.1. The standard InChI is InChI=1S/C12H17NOS/c13-9-12(5-1-6-12)11(14)3-2-10-4-7-15-8-10/h4,7-8H,1-3,5-6,9,13H2. The molecule has 1 aromatic rings. The van der Waals surface area contributed by atoms with Crippen LogP contribution in [0, 0.1) is 5.41 Å². The van der Waals surface area contributed by atoms with Gasteiger partial charge in [0.05, 0.1) is 0 Å². The number of hydrogen-bond acceptors (Lipinski definition) is 3. The Morgan fingerprint density at radius 2 is 2.33 bits per heavy atom. The summed E-state index contributed by atoms with van der Waals surface area (Å²) in [5, 5.41) is 4.17. The topological polar surface area (TPSA) is 43.1 Å². The van der Waals surface area contributed by atoms with Gasteiger partial charge in [-0.2, -0.15) is 11.3 Å². The molecule has 0 amide bonds. The normalized spacial score (nSPS) is 18.5. The third-order valence-electron chi connectivity index (χ3n) is 3.51. The fourth-order valence-corrected chi connectivity index (χ4v) is 2.86. The first kappa shape index (κ1) is 10.8. The molecule has 1 saturated carbocycles. The average Bonchev–Trinajstić information content (AvgIpc) is 2.66. The van der Waals surface area contributed by atoms with Gasteiger partial charge in [-0.25, -0.2) is 0 Å². The minimum absolute atomic E-state index is 0.143. The van der Waals surface area contributed by atoms with Crippen molar-refractivity contribution in [2.24, 2.45) is 11.1 Å². The van der Waals surface area contributed by atoms with E-state index in [0.29, 0.717) is 18.7 Å². The number of Topliss-reactive ketones (excluding diaryl/α,β-unsaturated/α-hetero) is 1. The van der Waals surface area contributed by atoms with Crippen LogP contribution in [0.1, 0.15) is 31.2 Å². The third kappa shape index (κ3) is 2.13. The van der Waals surface area contributed by atoms with Crippen molar-refractivity contribution in [2.45, 2.75) is 32.1 Å². The van der Waals surface area contributed by atoms with Gasteiger partial charge in [-0.1, -0.05) is 6.42 Å². The zero-order chi connectivity index (χ0) is 10.7. The maximum absolute atomic E-state index is 12.0. The zero-order valence-corrected chi connectivity index (χ0v) is 9.69. The number of rotatable bonds is 5. The molecule has 0 radical (unpaired) electrons. The molecule has 0 bridgehead atoms. The van der Waals surface area contributed by atoms with Gasteiger partial charge in [-0.05, 0) is 41.7 Å². The Bertz CT molecular complexity index is 322. The van der Waals surface area contributed by atoms with E-state index >= 15 is 0 Å². The Hall–Kier alpha value is -0.670. The molecule has 15 heavy (non-hydrogen) atoms. The molecule has 0 aliphatic heterocycles. The summed E-state index contributed by atoms with van der Waals surface area (Å²) in [6.45, 7) is 0.537. The molecule has 3 heteroatoms. The van der Waals surface area contributed by atoms with Crippen LogP contribution in [0.4, 0.5) is 0 Å². The maximum atomic E-state index is 12.0. The molecular formula is C12H17NOS. The summed E-state index contributed by atoms with van der Waals surface area (Å²) in [7, 11) is 0. The van der Waals surface area contributed by atoms with E-state index in [-0.39, 0.29) is 5.41 Å². The molecule has 1 aliphatic rings. The Balaban J connectivity index is 1.87. The van der Waals surface area contributed by atoms with Crippen molar-refractivity contribution in [1.29, 1.82) is 0 Å². The lowest BCUT2D eigenvalue weighted by molar-refractivity contribution is -0.132. The Morgan fingerprint density at radius 3 is 2.80 bits per heavy atom. The van der Waals surface area contributed by atoms with Crippen molar-refractivity contribution < 1.29 is 4.79 Å². The fraction of sp³-hybridized carbons (Fsp3) is 0.583. The molecule has 0 atom stereocenters. The van der Waals surface area contributed by atoms with Gasteiger partial charge < -0.3 is 5.73 Å². The molecule has 1 fully saturated rings. The number of ketones is 1. The van der Waals surface area contributed by atoms with Gasteiger partial charge in [-0.3, -0.25) is 4.79 Å². The molecule has 0 aromatic carbocycles. The van der Waals surface area contributed by atoms with Gasteiger partial charge in [0.2, 0.25) is 0 Å². The van der Waals surface area contributed by atoms with E-state index < -0.39 is 0 Å². The largest absolute Gasteiger partial charge is 0.329 e. The number of thiophene rings is 1. The summed E-state index contributed by atoms with van der Waals surface area (Å²) in [5.41, 5.74) is 6.83. The third-order valence-corrected chi connectivity index (χ3v) is 4.25. The van der Waals surface area contributed by atoms with Crippen LogP contribution in [-0.4, -0.2) is 12.3 Å². The Labute approximate surface area is 94.5 Å². The molecular weight excluding hydrogens is 206 g/mol. The van der Waals surface area contributed by atoms with Crippen LogP contribution < -0.4 is 5.73 Å². The quantitative estimate of drug-likeness (QED) is 0.833. The van der Waals surface area contributed by atoms with Gasteiger partial charge >= 0.3 is 0 Å². The van der Waals surface area contributed by atoms with Gasteiger partial charge in [0, 0.05) is 18.4 Å². The van der Waals surface area contributed by atoms with Crippen LogP contribution in [0.5, 0.6) is 0 Å². The number of carbonyl (C=O) groups is 1. The number of carbonyl (C=O) groups excluding carboxylic acids is 1. The number of aryl methyl sites for hydroxylation is 1. The van der Waals surface area contributed by atoms with Crippen molar-refractivity contribution >= 4 is 17.1 Å². The molecule has 0 saturated heterocycles. The zero-order valence-electron chi connectivity index (χ0n) is 8.87. The van der Waals surface area contributed by atoms with Crippen LogP contribution >= 0.6 is 11.3 Å². The molecule has 82 valence electrons. The highest BCUT2D eigenvalue weighted by Gasteiger charge is 2.41. The van der Waals surface area contributed by atoms with Gasteiger partial charge in [-0.15, -0.1) is 0 Å². The predicted octanol–water partition coefficient (Wildman–Crippen LogP) is 2.38. The van der Waals surface area contributed by atoms with Crippen LogP contribution in [0.3, 0.4) is 0 Å². The van der Waals surface area contributed by atoms with E-state index in [1.165, 1.54) is 12.0 Å². The van der Waals surface area contributed by atoms with E-state index in [0.717, 1.165) is 19.3 Å². The molecule has 1 heterocycles. The van der Waals surface area contributed by atoms with Crippen LogP contribution in [0.25, 0.3) is 0 Å². The molecule has 2 N–H and O–H groups in total. The highest BCUT2D eigenvalue weighted by molar-refractivity contribution is 7.07. The Morgan fingerprint density at radius 1 is 1.53 bits per heavy atom. The number of hydrogen-bond donors (Lipinski definition) is 1. The second-order valence-corrected chi connectivity index (χ2v) is 5.17. The first-order chi connectivity index (χ1) is 7.27. The maximum Gasteiger partial charge on any atom is 0.140 e. The van der Waals surface area contributed by atoms with Gasteiger partial charge in [0.25, 0.3) is 0 Å². The number of nitrogens with two attached hydrogens (primary N) is 1. The van der Waals surface area contributed by atoms with Gasteiger partial charge in [0.15, 0.2) is 0 Å². The lowest BCUT2D eigenvalue weighted by Crippen LogP contribution is -2.44. The summed E-state index contributed by atoms with van der Waals surface area (Å²) in [6, 6.07) is 2.09. The average molecular weight is 223 g/mol. The lowest BCUT2D eigenvalue weighted by Gasteiger charge is -2.39. The SMILES string of the molecule is NCC1(C(=O)CCc2ccsc2)CCC1. The molecule has 0 unspecified atom stereocenters. The molecule has 1 aromatic heterocycles. The van der Waals surface area contributed by atoms with Crippen LogP contribution in [-0.2, 0) is 11.2 Å². The van der Waals surface area contributed by atoms with Crippen molar-refractivity contribution in [3.8, 4) is 0 Å². The van der Waals surface area contributed by atoms with E-state index in [1.807, 2.05) is 0 Å². The monoisotopic (exact) mass is 223 g/mol. The molecule has 1 aliphatic carbocycles. The van der Waals surface area contributed by atoms with Crippen molar-refractivity contribution in [1.82, 2.24) is 0 Å². The summed E-state index contributed by atoms with van der Waals surface area (Å²) < 4.78 is 0. The van der Waals surface area contributed by atoms with Crippen LogP contribution in [0.2, 0.25) is 0 Å². The van der Waals surface area contributed by atoms with Crippen LogP contribution in [0.15, 0.2) is 16.8 Å². The van der Waals surface area contributed by atoms with E-state index in [1.54, 1.807) is 11.3 Å². The predicted molar refractivity (Wildman–Crippen MR) is 63.0 cm³/mol. The summed E-state index contributed by atoms with van der Waals surface area (Å²) >= 11 is 1.69. The van der Waals surface area contributed by atoms with E-state index in [9.17, 15) is 4.79 Å². The smallest absolute Gasteiger partial charge is 0.140 e. The summed E-state index contributed by atoms with van der Waals surface area (Å²) in [5.74, 6) is 0.377. The lowest BCUT2D eigenvalue weighted by atomic mass is 9.65. The van der Waals surface area contributed by atoms with Crippen molar-refractivity contribution in [3.05, 3.63) is 22.4 Å². The minimum Gasteiger partial charge on any atom is -0.329 e. The minimum atomic E-state index is -0.143. The van der Waals surface area contributed by atoms with E-state index in [4.69, 9.17) is 5.73 Å². The molecule has 0 spiro atoms. The van der Waals surface area contributed by atoms with E-state index in [2.05, 4.69) is 16.8 Å². The second kappa shape index (κ2) is 4.45. The second-order valence-electron chi connectivity index (χ2n) is 4.39. The summed E-state index contributed by atoms with van der Waals surface area (Å²) in [6.07, 6.45) is 4.72. The summed E-state index contributed by atoms with van der Waals surface area (Å²) in [4.78, 5) is 12.0. The first-order valence-corrected chi connectivity index (χ1v) is 6.46.